The molecule has 1 heterocycles. The molecule has 1 atom stereocenters. The highest BCUT2D eigenvalue weighted by atomic mass is 35.5. The van der Waals surface area contributed by atoms with Gasteiger partial charge in [-0.25, -0.2) is 0 Å². The maximum absolute atomic E-state index is 12.1. The van der Waals surface area contributed by atoms with Crippen LogP contribution in [0.15, 0.2) is 42.5 Å². The van der Waals surface area contributed by atoms with Gasteiger partial charge in [-0.1, -0.05) is 17.7 Å². The zero-order valence-corrected chi connectivity index (χ0v) is 15.4. The first-order valence-corrected chi connectivity index (χ1v) is 9.07. The summed E-state index contributed by atoms with van der Waals surface area (Å²) < 4.78 is 16.7. The number of amides is 1. The Morgan fingerprint density at radius 3 is 2.65 bits per heavy atom. The first-order valence-electron chi connectivity index (χ1n) is 8.69. The molecular weight excluding hydrogens is 354 g/mol. The lowest BCUT2D eigenvalue weighted by Gasteiger charge is -2.21. The molecular formula is C20H22ClNO4. The van der Waals surface area contributed by atoms with Crippen molar-refractivity contribution in [3.05, 3.63) is 53.1 Å². The van der Waals surface area contributed by atoms with Crippen molar-refractivity contribution < 1.29 is 19.0 Å². The molecule has 0 fully saturated rings. The van der Waals surface area contributed by atoms with Gasteiger partial charge >= 0.3 is 0 Å². The van der Waals surface area contributed by atoms with Gasteiger partial charge in [0, 0.05) is 11.4 Å². The molecule has 0 aromatic heterocycles. The van der Waals surface area contributed by atoms with Gasteiger partial charge in [0.25, 0.3) is 0 Å². The predicted octanol–water partition coefficient (Wildman–Crippen LogP) is 4.15. The van der Waals surface area contributed by atoms with Crippen LogP contribution in [0.2, 0.25) is 5.02 Å². The maximum Gasteiger partial charge on any atom is 0.220 e. The first kappa shape index (κ1) is 18.4. The third kappa shape index (κ3) is 5.05. The average molecular weight is 376 g/mol. The van der Waals surface area contributed by atoms with E-state index in [1.54, 1.807) is 12.1 Å². The molecule has 1 aliphatic heterocycles. The Balaban J connectivity index is 1.42. The number of ether oxygens (including phenoxy) is 3. The third-order valence-electron chi connectivity index (χ3n) is 4.07. The summed E-state index contributed by atoms with van der Waals surface area (Å²) >= 11 is 5.83. The van der Waals surface area contributed by atoms with Gasteiger partial charge in [-0.2, -0.15) is 0 Å². The van der Waals surface area contributed by atoms with Crippen LogP contribution in [0, 0.1) is 0 Å². The molecule has 1 N–H and O–H groups in total. The quantitative estimate of drug-likeness (QED) is 0.739. The van der Waals surface area contributed by atoms with Crippen LogP contribution >= 0.6 is 11.6 Å². The number of benzene rings is 2. The number of rotatable bonds is 7. The second-order valence-electron chi connectivity index (χ2n) is 6.10. The zero-order chi connectivity index (χ0) is 18.4. The Labute approximate surface area is 158 Å². The molecule has 0 saturated heterocycles. The molecule has 2 aromatic carbocycles. The minimum Gasteiger partial charge on any atom is -0.494 e. The van der Waals surface area contributed by atoms with Crippen LogP contribution in [0.4, 0.5) is 0 Å². The fourth-order valence-electron chi connectivity index (χ4n) is 2.68. The van der Waals surface area contributed by atoms with E-state index in [9.17, 15) is 4.79 Å². The summed E-state index contributed by atoms with van der Waals surface area (Å²) in [5.74, 6) is 2.22. The second kappa shape index (κ2) is 8.81. The van der Waals surface area contributed by atoms with Crippen molar-refractivity contribution >= 4 is 17.5 Å². The van der Waals surface area contributed by atoms with Crippen molar-refractivity contribution in [2.75, 3.05) is 19.8 Å². The van der Waals surface area contributed by atoms with E-state index in [1.165, 1.54) is 0 Å². The van der Waals surface area contributed by atoms with Gasteiger partial charge in [0.05, 0.1) is 12.6 Å². The van der Waals surface area contributed by atoms with Crippen LogP contribution in [0.5, 0.6) is 17.2 Å². The van der Waals surface area contributed by atoms with E-state index in [2.05, 4.69) is 5.32 Å². The highest BCUT2D eigenvalue weighted by Gasteiger charge is 2.15. The van der Waals surface area contributed by atoms with Crippen LogP contribution in [-0.4, -0.2) is 25.7 Å². The van der Waals surface area contributed by atoms with Gasteiger partial charge in [0.2, 0.25) is 5.91 Å². The topological polar surface area (TPSA) is 56.8 Å². The van der Waals surface area contributed by atoms with Crippen LogP contribution in [0.25, 0.3) is 0 Å². The molecule has 1 amide bonds. The van der Waals surface area contributed by atoms with Gasteiger partial charge in [-0.15, -0.1) is 0 Å². The molecule has 138 valence electrons. The Hall–Kier alpha value is -2.40. The van der Waals surface area contributed by atoms with Crippen LogP contribution in [0.3, 0.4) is 0 Å². The molecule has 2 aromatic rings. The summed E-state index contributed by atoms with van der Waals surface area (Å²) in [4.78, 5) is 12.1. The molecule has 1 aliphatic rings. The van der Waals surface area contributed by atoms with Gasteiger partial charge < -0.3 is 19.5 Å². The first-order chi connectivity index (χ1) is 12.6. The predicted molar refractivity (Wildman–Crippen MR) is 100 cm³/mol. The summed E-state index contributed by atoms with van der Waals surface area (Å²) in [6.45, 7) is 3.54. The van der Waals surface area contributed by atoms with Crippen molar-refractivity contribution in [1.29, 1.82) is 0 Å². The molecule has 0 spiro atoms. The number of carbonyl (C=O) groups excluding carboxylic acids is 1. The average Bonchev–Trinajstić information content (AvgIpc) is 2.66. The lowest BCUT2D eigenvalue weighted by molar-refractivity contribution is -0.121. The molecule has 26 heavy (non-hydrogen) atoms. The Morgan fingerprint density at radius 1 is 1.15 bits per heavy atom. The van der Waals surface area contributed by atoms with E-state index in [1.807, 2.05) is 37.3 Å². The van der Waals surface area contributed by atoms with Gasteiger partial charge in [0.1, 0.15) is 19.0 Å². The molecule has 5 nitrogen and oxygen atoms in total. The van der Waals surface area contributed by atoms with Crippen LogP contribution in [0.1, 0.15) is 31.4 Å². The lowest BCUT2D eigenvalue weighted by atomic mass is 10.1. The molecule has 0 unspecified atom stereocenters. The summed E-state index contributed by atoms with van der Waals surface area (Å²) in [6, 6.07) is 12.8. The molecule has 0 radical (unpaired) electrons. The SMILES string of the molecule is C[C@@H](NC(=O)CCCOc1ccc(Cl)cc1)c1ccc2c(c1)OCCO2. The van der Waals surface area contributed by atoms with Crippen molar-refractivity contribution in [1.82, 2.24) is 5.32 Å². The lowest BCUT2D eigenvalue weighted by Crippen LogP contribution is -2.27. The minimum absolute atomic E-state index is 0.00732. The number of carbonyl (C=O) groups is 1. The smallest absolute Gasteiger partial charge is 0.220 e. The van der Waals surface area contributed by atoms with Gasteiger partial charge in [0.15, 0.2) is 11.5 Å². The summed E-state index contributed by atoms with van der Waals surface area (Å²) in [5, 5.41) is 3.67. The minimum atomic E-state index is -0.101. The maximum atomic E-state index is 12.1. The van der Waals surface area contributed by atoms with Crippen molar-refractivity contribution in [3.8, 4) is 17.2 Å². The monoisotopic (exact) mass is 375 g/mol. The molecule has 0 saturated carbocycles. The second-order valence-corrected chi connectivity index (χ2v) is 6.53. The highest BCUT2D eigenvalue weighted by molar-refractivity contribution is 6.30. The molecule has 3 rings (SSSR count). The number of nitrogens with one attached hydrogen (secondary N) is 1. The van der Waals surface area contributed by atoms with Crippen molar-refractivity contribution in [3.63, 3.8) is 0 Å². The molecule has 0 aliphatic carbocycles. The number of halogens is 1. The molecule has 0 bridgehead atoms. The number of hydrogen-bond acceptors (Lipinski definition) is 4. The number of fused-ring (bicyclic) bond motifs is 1. The van der Waals surface area contributed by atoms with Crippen molar-refractivity contribution in [2.24, 2.45) is 0 Å². The number of hydrogen-bond donors (Lipinski definition) is 1. The standard InChI is InChI=1S/C20H22ClNO4/c1-14(15-4-9-18-19(13-15)26-12-11-25-18)22-20(23)3-2-10-24-17-7-5-16(21)6-8-17/h4-9,13-14H,2-3,10-12H2,1H3,(H,22,23)/t14-/m1/s1. The molecule has 6 heteroatoms. The Bertz CT molecular complexity index is 748. The highest BCUT2D eigenvalue weighted by Crippen LogP contribution is 2.32. The zero-order valence-electron chi connectivity index (χ0n) is 14.7. The van der Waals surface area contributed by atoms with Crippen molar-refractivity contribution in [2.45, 2.75) is 25.8 Å². The largest absolute Gasteiger partial charge is 0.494 e. The fourth-order valence-corrected chi connectivity index (χ4v) is 2.81. The van der Waals surface area contributed by atoms with Gasteiger partial charge in [-0.3, -0.25) is 4.79 Å². The van der Waals surface area contributed by atoms with Crippen LogP contribution < -0.4 is 19.5 Å². The van der Waals surface area contributed by atoms with E-state index >= 15 is 0 Å². The van der Waals surface area contributed by atoms with Gasteiger partial charge in [-0.05, 0) is 55.3 Å². The van der Waals surface area contributed by atoms with E-state index in [0.29, 0.717) is 37.7 Å². The van der Waals surface area contributed by atoms with E-state index in [-0.39, 0.29) is 11.9 Å². The summed E-state index contributed by atoms with van der Waals surface area (Å²) in [6.07, 6.45) is 1.05. The summed E-state index contributed by atoms with van der Waals surface area (Å²) in [5.41, 5.74) is 0.986. The van der Waals surface area contributed by atoms with Crippen LogP contribution in [-0.2, 0) is 4.79 Å². The van der Waals surface area contributed by atoms with E-state index < -0.39 is 0 Å². The van der Waals surface area contributed by atoms with E-state index in [0.717, 1.165) is 22.8 Å². The Kier molecular flexibility index (Phi) is 6.23. The Morgan fingerprint density at radius 2 is 1.88 bits per heavy atom. The fraction of sp³-hybridized carbons (Fsp3) is 0.350. The van der Waals surface area contributed by atoms with E-state index in [4.69, 9.17) is 25.8 Å². The third-order valence-corrected chi connectivity index (χ3v) is 4.33. The normalized spacial score (nSPS) is 13.8. The summed E-state index contributed by atoms with van der Waals surface area (Å²) in [7, 11) is 0.